The number of aromatic hydroxyl groups is 1. The molecular formula is C15H24BrClN2O3. The minimum atomic E-state index is 0. The second-order valence-corrected chi connectivity index (χ2v) is 5.95. The van der Waals surface area contributed by atoms with E-state index in [0.717, 1.165) is 31.7 Å². The normalized spacial score (nSPS) is 16.9. The molecule has 126 valence electrons. The zero-order valence-electron chi connectivity index (χ0n) is 12.7. The SMILES string of the molecule is CCOc1cc([C@@H](CCO)N2CCNCC2)cc(Br)c1O.Cl. The average Bonchev–Trinajstić information content (AvgIpc) is 2.50. The van der Waals surface area contributed by atoms with Crippen molar-refractivity contribution in [1.82, 2.24) is 10.2 Å². The van der Waals surface area contributed by atoms with Crippen LogP contribution in [0.4, 0.5) is 0 Å². The molecule has 7 heteroatoms. The predicted octanol–water partition coefficient (Wildman–Crippen LogP) is 2.30. The fraction of sp³-hybridized carbons (Fsp3) is 0.600. The summed E-state index contributed by atoms with van der Waals surface area (Å²) in [5, 5.41) is 22.8. The Kier molecular flexibility index (Phi) is 8.49. The Balaban J connectivity index is 0.00000242. The first-order valence-electron chi connectivity index (χ1n) is 7.38. The molecule has 22 heavy (non-hydrogen) atoms. The Morgan fingerprint density at radius 2 is 2.05 bits per heavy atom. The summed E-state index contributed by atoms with van der Waals surface area (Å²) in [6.07, 6.45) is 0.669. The fourth-order valence-corrected chi connectivity index (χ4v) is 3.19. The van der Waals surface area contributed by atoms with E-state index < -0.39 is 0 Å². The van der Waals surface area contributed by atoms with Crippen LogP contribution in [0.2, 0.25) is 0 Å². The third-order valence-electron chi connectivity index (χ3n) is 3.73. The molecule has 1 aromatic carbocycles. The van der Waals surface area contributed by atoms with Crippen LogP contribution in [0.3, 0.4) is 0 Å². The van der Waals surface area contributed by atoms with Gasteiger partial charge in [0.25, 0.3) is 0 Å². The zero-order valence-corrected chi connectivity index (χ0v) is 15.1. The Bertz CT molecular complexity index is 470. The van der Waals surface area contributed by atoms with E-state index in [1.807, 2.05) is 19.1 Å². The number of phenolic OH excluding ortho intramolecular Hbond substituents is 1. The van der Waals surface area contributed by atoms with Gasteiger partial charge in [-0.2, -0.15) is 0 Å². The van der Waals surface area contributed by atoms with Crippen molar-refractivity contribution in [3.8, 4) is 11.5 Å². The molecule has 3 N–H and O–H groups in total. The maximum atomic E-state index is 10.0. The summed E-state index contributed by atoms with van der Waals surface area (Å²) in [4.78, 5) is 2.36. The molecule has 1 saturated heterocycles. The number of aliphatic hydroxyl groups excluding tert-OH is 1. The maximum Gasteiger partial charge on any atom is 0.172 e. The number of phenols is 1. The number of hydrogen-bond donors (Lipinski definition) is 3. The van der Waals surface area contributed by atoms with E-state index in [2.05, 4.69) is 26.1 Å². The lowest BCUT2D eigenvalue weighted by molar-refractivity contribution is 0.141. The molecule has 5 nitrogen and oxygen atoms in total. The highest BCUT2D eigenvalue weighted by atomic mass is 79.9. The van der Waals surface area contributed by atoms with Gasteiger partial charge in [0.05, 0.1) is 11.1 Å². The highest BCUT2D eigenvalue weighted by molar-refractivity contribution is 9.10. The number of hydrogen-bond acceptors (Lipinski definition) is 5. The van der Waals surface area contributed by atoms with Gasteiger partial charge in [-0.1, -0.05) is 0 Å². The number of nitrogens with one attached hydrogen (secondary N) is 1. The molecule has 1 atom stereocenters. The summed E-state index contributed by atoms with van der Waals surface area (Å²) in [7, 11) is 0. The van der Waals surface area contributed by atoms with Crippen molar-refractivity contribution in [2.75, 3.05) is 39.4 Å². The van der Waals surface area contributed by atoms with Crippen molar-refractivity contribution in [3.05, 3.63) is 22.2 Å². The van der Waals surface area contributed by atoms with E-state index in [4.69, 9.17) is 4.74 Å². The number of halogens is 2. The number of ether oxygens (including phenoxy) is 1. The number of aliphatic hydroxyl groups is 1. The van der Waals surface area contributed by atoms with Crippen LogP contribution >= 0.6 is 28.3 Å². The molecule has 0 amide bonds. The molecule has 0 unspecified atom stereocenters. The van der Waals surface area contributed by atoms with E-state index in [9.17, 15) is 10.2 Å². The Hall–Kier alpha value is -0.530. The van der Waals surface area contributed by atoms with Gasteiger partial charge in [-0.05, 0) is 47.0 Å². The van der Waals surface area contributed by atoms with Gasteiger partial charge in [-0.25, -0.2) is 0 Å². The molecular weight excluding hydrogens is 372 g/mol. The summed E-state index contributed by atoms with van der Waals surface area (Å²) < 4.78 is 6.13. The molecule has 0 aliphatic carbocycles. The van der Waals surface area contributed by atoms with Crippen LogP contribution in [-0.2, 0) is 0 Å². The second kappa shape index (κ2) is 9.57. The first-order chi connectivity index (χ1) is 10.2. The van der Waals surface area contributed by atoms with Gasteiger partial charge < -0.3 is 20.3 Å². The third-order valence-corrected chi connectivity index (χ3v) is 4.33. The molecule has 0 aromatic heterocycles. The molecule has 0 saturated carbocycles. The topological polar surface area (TPSA) is 65.0 Å². The quantitative estimate of drug-likeness (QED) is 0.690. The number of benzene rings is 1. The van der Waals surface area contributed by atoms with Gasteiger partial charge in [-0.3, -0.25) is 4.90 Å². The van der Waals surface area contributed by atoms with E-state index >= 15 is 0 Å². The van der Waals surface area contributed by atoms with E-state index in [1.54, 1.807) is 0 Å². The largest absolute Gasteiger partial charge is 0.503 e. The molecule has 1 aliphatic rings. The minimum absolute atomic E-state index is 0. The highest BCUT2D eigenvalue weighted by Gasteiger charge is 2.23. The molecule has 0 bridgehead atoms. The van der Waals surface area contributed by atoms with Crippen LogP contribution in [0.15, 0.2) is 16.6 Å². The van der Waals surface area contributed by atoms with Crippen LogP contribution in [-0.4, -0.2) is 54.5 Å². The van der Waals surface area contributed by atoms with E-state index in [1.165, 1.54) is 0 Å². The first kappa shape index (κ1) is 19.5. The molecule has 1 heterocycles. The predicted molar refractivity (Wildman–Crippen MR) is 93.1 cm³/mol. The molecule has 0 spiro atoms. The maximum absolute atomic E-state index is 10.0. The minimum Gasteiger partial charge on any atom is -0.503 e. The molecule has 1 aliphatic heterocycles. The summed E-state index contributed by atoms with van der Waals surface area (Å²) in [6, 6.07) is 3.93. The van der Waals surface area contributed by atoms with Gasteiger partial charge in [0, 0.05) is 38.8 Å². The number of rotatable bonds is 6. The van der Waals surface area contributed by atoms with E-state index in [-0.39, 0.29) is 30.8 Å². The summed E-state index contributed by atoms with van der Waals surface area (Å²) in [5.41, 5.74) is 1.05. The number of nitrogens with zero attached hydrogens (tertiary/aromatic N) is 1. The molecule has 2 rings (SSSR count). The second-order valence-electron chi connectivity index (χ2n) is 5.10. The Morgan fingerprint density at radius 1 is 1.36 bits per heavy atom. The lowest BCUT2D eigenvalue weighted by atomic mass is 10.0. The van der Waals surface area contributed by atoms with Gasteiger partial charge in [-0.15, -0.1) is 12.4 Å². The lowest BCUT2D eigenvalue weighted by Gasteiger charge is -2.35. The van der Waals surface area contributed by atoms with Gasteiger partial charge in [0.1, 0.15) is 0 Å². The van der Waals surface area contributed by atoms with Crippen LogP contribution in [0.5, 0.6) is 11.5 Å². The van der Waals surface area contributed by atoms with Gasteiger partial charge in [0.2, 0.25) is 0 Å². The smallest absolute Gasteiger partial charge is 0.172 e. The molecule has 1 aromatic rings. The van der Waals surface area contributed by atoms with Crippen molar-refractivity contribution in [1.29, 1.82) is 0 Å². The van der Waals surface area contributed by atoms with Crippen molar-refractivity contribution in [3.63, 3.8) is 0 Å². The van der Waals surface area contributed by atoms with Crippen LogP contribution < -0.4 is 10.1 Å². The van der Waals surface area contributed by atoms with Crippen LogP contribution in [0.1, 0.15) is 24.9 Å². The standard InChI is InChI=1S/C15H23BrN2O3.ClH/c1-2-21-14-10-11(9-12(16)15(14)20)13(3-8-19)18-6-4-17-5-7-18;/h9-10,13,17,19-20H,2-8H2,1H3;1H/t13-;/m1./s1. The number of piperazine rings is 1. The van der Waals surface area contributed by atoms with Gasteiger partial charge in [0.15, 0.2) is 11.5 Å². The first-order valence-corrected chi connectivity index (χ1v) is 8.17. The third kappa shape index (κ3) is 4.73. The monoisotopic (exact) mass is 394 g/mol. The Morgan fingerprint density at radius 3 is 2.64 bits per heavy atom. The summed E-state index contributed by atoms with van der Waals surface area (Å²) >= 11 is 3.39. The zero-order chi connectivity index (χ0) is 15.2. The summed E-state index contributed by atoms with van der Waals surface area (Å²) in [6.45, 7) is 6.35. The van der Waals surface area contributed by atoms with Crippen molar-refractivity contribution >= 4 is 28.3 Å². The van der Waals surface area contributed by atoms with Crippen LogP contribution in [0, 0.1) is 0 Å². The van der Waals surface area contributed by atoms with Crippen LogP contribution in [0.25, 0.3) is 0 Å². The van der Waals surface area contributed by atoms with E-state index in [0.29, 0.717) is 23.2 Å². The highest BCUT2D eigenvalue weighted by Crippen LogP contribution is 2.39. The average molecular weight is 396 g/mol. The van der Waals surface area contributed by atoms with Gasteiger partial charge >= 0.3 is 0 Å². The Labute approximate surface area is 146 Å². The lowest BCUT2D eigenvalue weighted by Crippen LogP contribution is -2.45. The van der Waals surface area contributed by atoms with Crippen molar-refractivity contribution in [2.24, 2.45) is 0 Å². The summed E-state index contributed by atoms with van der Waals surface area (Å²) in [5.74, 6) is 0.614. The molecule has 0 radical (unpaired) electrons. The molecule has 1 fully saturated rings. The fourth-order valence-electron chi connectivity index (χ4n) is 2.73. The van der Waals surface area contributed by atoms with Crippen molar-refractivity contribution in [2.45, 2.75) is 19.4 Å². The van der Waals surface area contributed by atoms with Crippen molar-refractivity contribution < 1.29 is 14.9 Å².